The summed E-state index contributed by atoms with van der Waals surface area (Å²) in [4.78, 5) is 41.8. The van der Waals surface area contributed by atoms with Crippen LogP contribution in [0.1, 0.15) is 29.2 Å². The molecule has 7 nitrogen and oxygen atoms in total. The lowest BCUT2D eigenvalue weighted by atomic mass is 9.75. The number of carbonyl (C=O) groups excluding carboxylic acids is 3. The summed E-state index contributed by atoms with van der Waals surface area (Å²) in [6.07, 6.45) is -0.367. The van der Waals surface area contributed by atoms with E-state index in [9.17, 15) is 19.5 Å². The van der Waals surface area contributed by atoms with Gasteiger partial charge in [0.2, 0.25) is 17.7 Å². The first kappa shape index (κ1) is 20.8. The number of rotatable bonds is 4. The molecule has 3 aliphatic rings. The zero-order valence-corrected chi connectivity index (χ0v) is 18.4. The number of hydrogen-bond acceptors (Lipinski definition) is 5. The lowest BCUT2D eigenvalue weighted by Gasteiger charge is -2.30. The fraction of sp³-hybridized carbons (Fsp3) is 0.400. The lowest BCUT2D eigenvalue weighted by molar-refractivity contribution is -0.143. The maximum Gasteiger partial charge on any atom is 0.250 e. The topological polar surface area (TPSA) is 98.7 Å². The van der Waals surface area contributed by atoms with Crippen LogP contribution in [0.2, 0.25) is 0 Å². The molecule has 2 aromatic carbocycles. The molecule has 3 amide bonds. The molecule has 5 atom stereocenters. The van der Waals surface area contributed by atoms with Gasteiger partial charge in [-0.1, -0.05) is 48.0 Å². The van der Waals surface area contributed by atoms with Crippen LogP contribution in [0.5, 0.6) is 0 Å². The zero-order chi connectivity index (χ0) is 22.8. The van der Waals surface area contributed by atoms with Gasteiger partial charge in [-0.3, -0.25) is 24.6 Å². The highest BCUT2D eigenvalue weighted by Gasteiger charge is 2.71. The highest BCUT2D eigenvalue weighted by molar-refractivity contribution is 6.15. The Labute approximate surface area is 186 Å². The third-order valence-electron chi connectivity index (χ3n) is 7.18. The second-order valence-electron chi connectivity index (χ2n) is 9.24. The first-order chi connectivity index (χ1) is 15.3. The van der Waals surface area contributed by atoms with Gasteiger partial charge in [-0.15, -0.1) is 0 Å². The number of aryl methyl sites for hydroxylation is 2. The van der Waals surface area contributed by atoms with Crippen LogP contribution >= 0.6 is 0 Å². The van der Waals surface area contributed by atoms with Gasteiger partial charge in [0.15, 0.2) is 0 Å². The molecule has 0 saturated carbocycles. The van der Waals surface area contributed by atoms with E-state index in [1.54, 1.807) is 6.92 Å². The molecule has 7 heteroatoms. The first-order valence-corrected chi connectivity index (χ1v) is 11.0. The van der Waals surface area contributed by atoms with Crippen molar-refractivity contribution in [2.24, 2.45) is 11.8 Å². The van der Waals surface area contributed by atoms with Gasteiger partial charge in [0.05, 0.1) is 17.9 Å². The van der Waals surface area contributed by atoms with Gasteiger partial charge < -0.3 is 10.4 Å². The van der Waals surface area contributed by atoms with E-state index >= 15 is 0 Å². The van der Waals surface area contributed by atoms with Crippen molar-refractivity contribution in [3.05, 3.63) is 64.7 Å². The second-order valence-corrected chi connectivity index (χ2v) is 9.24. The van der Waals surface area contributed by atoms with Crippen molar-refractivity contribution in [1.29, 1.82) is 0 Å². The largest absolute Gasteiger partial charge is 0.392 e. The molecule has 3 heterocycles. The van der Waals surface area contributed by atoms with Gasteiger partial charge in [-0.2, -0.15) is 0 Å². The number of aliphatic hydroxyl groups excluding tert-OH is 1. The average Bonchev–Trinajstić information content (AvgIpc) is 3.34. The SMILES string of the molecule is Cc1cc(C)c2c(c1)C1(NC(C(C)O)C3C(=O)N(CCc4ccccc4)C(=O)C31)C(=O)N2. The number of anilines is 1. The zero-order valence-electron chi connectivity index (χ0n) is 18.4. The van der Waals surface area contributed by atoms with Crippen LogP contribution in [-0.4, -0.2) is 46.4 Å². The van der Waals surface area contributed by atoms with Crippen molar-refractivity contribution in [3.63, 3.8) is 0 Å². The molecule has 3 aliphatic heterocycles. The molecule has 1 spiro atoms. The lowest BCUT2D eigenvalue weighted by Crippen LogP contribution is -2.55. The average molecular weight is 434 g/mol. The number of amides is 3. The Morgan fingerprint density at radius 2 is 1.81 bits per heavy atom. The van der Waals surface area contributed by atoms with Gasteiger partial charge in [0.1, 0.15) is 5.54 Å². The smallest absolute Gasteiger partial charge is 0.250 e. The molecule has 166 valence electrons. The number of imide groups is 1. The molecule has 0 radical (unpaired) electrons. The van der Waals surface area contributed by atoms with E-state index in [0.29, 0.717) is 17.7 Å². The van der Waals surface area contributed by atoms with Crippen LogP contribution in [-0.2, 0) is 26.3 Å². The predicted octanol–water partition coefficient (Wildman–Crippen LogP) is 1.65. The minimum Gasteiger partial charge on any atom is -0.392 e. The van der Waals surface area contributed by atoms with E-state index in [1.165, 1.54) is 4.90 Å². The van der Waals surface area contributed by atoms with Crippen LogP contribution < -0.4 is 10.6 Å². The van der Waals surface area contributed by atoms with E-state index in [4.69, 9.17) is 0 Å². The molecule has 5 unspecified atom stereocenters. The molecule has 0 bridgehead atoms. The van der Waals surface area contributed by atoms with E-state index in [2.05, 4.69) is 10.6 Å². The van der Waals surface area contributed by atoms with Crippen LogP contribution in [0.3, 0.4) is 0 Å². The summed E-state index contributed by atoms with van der Waals surface area (Å²) in [7, 11) is 0. The summed E-state index contributed by atoms with van der Waals surface area (Å²) < 4.78 is 0. The van der Waals surface area contributed by atoms with E-state index in [1.807, 2.05) is 56.3 Å². The maximum absolute atomic E-state index is 13.7. The molecule has 5 rings (SSSR count). The molecule has 0 aromatic heterocycles. The number of nitrogens with zero attached hydrogens (tertiary/aromatic N) is 1. The van der Waals surface area contributed by atoms with Gasteiger partial charge in [-0.25, -0.2) is 0 Å². The Kier molecular flexibility index (Phi) is 4.72. The fourth-order valence-electron chi connectivity index (χ4n) is 5.77. The molecular weight excluding hydrogens is 406 g/mol. The van der Waals surface area contributed by atoms with E-state index in [0.717, 1.165) is 16.7 Å². The molecule has 0 aliphatic carbocycles. The third kappa shape index (κ3) is 2.77. The highest BCUT2D eigenvalue weighted by Crippen LogP contribution is 2.54. The number of nitrogens with one attached hydrogen (secondary N) is 2. The van der Waals surface area contributed by atoms with E-state index < -0.39 is 29.5 Å². The molecular formula is C25H27N3O4. The molecule has 2 aromatic rings. The predicted molar refractivity (Wildman–Crippen MR) is 119 cm³/mol. The quantitative estimate of drug-likeness (QED) is 0.637. The summed E-state index contributed by atoms with van der Waals surface area (Å²) in [5, 5.41) is 16.7. The number of fused-ring (bicyclic) bond motifs is 4. The summed E-state index contributed by atoms with van der Waals surface area (Å²) in [6, 6.07) is 12.9. The molecule has 2 fully saturated rings. The molecule has 3 N–H and O–H groups in total. The Bertz CT molecular complexity index is 1130. The Morgan fingerprint density at radius 1 is 1.09 bits per heavy atom. The van der Waals surface area contributed by atoms with Crippen molar-refractivity contribution in [2.75, 3.05) is 11.9 Å². The highest BCUT2D eigenvalue weighted by atomic mass is 16.3. The van der Waals surface area contributed by atoms with Crippen LogP contribution in [0, 0.1) is 25.7 Å². The van der Waals surface area contributed by atoms with Gasteiger partial charge in [-0.05, 0) is 38.3 Å². The Hall–Kier alpha value is -3.03. The van der Waals surface area contributed by atoms with Crippen molar-refractivity contribution in [1.82, 2.24) is 10.2 Å². The fourth-order valence-corrected chi connectivity index (χ4v) is 5.77. The minimum atomic E-state index is -1.37. The summed E-state index contributed by atoms with van der Waals surface area (Å²) >= 11 is 0. The number of benzene rings is 2. The Morgan fingerprint density at radius 3 is 2.50 bits per heavy atom. The van der Waals surface area contributed by atoms with Crippen molar-refractivity contribution >= 4 is 23.4 Å². The molecule has 2 saturated heterocycles. The van der Waals surface area contributed by atoms with Gasteiger partial charge >= 0.3 is 0 Å². The number of likely N-dealkylation sites (tertiary alicyclic amines) is 1. The van der Waals surface area contributed by atoms with Crippen molar-refractivity contribution in [2.45, 2.75) is 44.9 Å². The van der Waals surface area contributed by atoms with Crippen LogP contribution in [0.25, 0.3) is 0 Å². The van der Waals surface area contributed by atoms with Crippen molar-refractivity contribution in [3.8, 4) is 0 Å². The monoisotopic (exact) mass is 433 g/mol. The second kappa shape index (κ2) is 7.25. The van der Waals surface area contributed by atoms with Gasteiger partial charge in [0, 0.05) is 23.8 Å². The number of hydrogen-bond donors (Lipinski definition) is 3. The van der Waals surface area contributed by atoms with Gasteiger partial charge in [0.25, 0.3) is 0 Å². The first-order valence-electron chi connectivity index (χ1n) is 11.0. The van der Waals surface area contributed by atoms with Crippen LogP contribution in [0.15, 0.2) is 42.5 Å². The Balaban J connectivity index is 1.58. The third-order valence-corrected chi connectivity index (χ3v) is 7.18. The number of carbonyl (C=O) groups is 3. The summed E-state index contributed by atoms with van der Waals surface area (Å²) in [6.45, 7) is 5.69. The van der Waals surface area contributed by atoms with Crippen LogP contribution in [0.4, 0.5) is 5.69 Å². The normalized spacial score (nSPS) is 29.4. The standard InChI is InChI=1S/C25H27N3O4/c1-13-11-14(2)20-17(12-13)25(24(32)26-20)19-18(21(27-25)15(3)29)22(30)28(23(19)31)10-9-16-7-5-4-6-8-16/h4-8,11-12,15,18-19,21,27,29H,9-10H2,1-3H3,(H,26,32). The van der Waals surface area contributed by atoms with E-state index in [-0.39, 0.29) is 24.3 Å². The maximum atomic E-state index is 13.7. The number of aliphatic hydroxyl groups is 1. The minimum absolute atomic E-state index is 0.249. The molecule has 32 heavy (non-hydrogen) atoms. The van der Waals surface area contributed by atoms with Crippen molar-refractivity contribution < 1.29 is 19.5 Å². The summed E-state index contributed by atoms with van der Waals surface area (Å²) in [5.41, 5.74) is 2.90. The summed E-state index contributed by atoms with van der Waals surface area (Å²) in [5.74, 6) is -2.71.